The molecule has 2 unspecified atom stereocenters. The average Bonchev–Trinajstić information content (AvgIpc) is 2.64. The largest absolute Gasteiger partial charge is 0.373 e. The zero-order valence-corrected chi connectivity index (χ0v) is 17.5. The van der Waals surface area contributed by atoms with Gasteiger partial charge in [0.2, 0.25) is 10.0 Å². The first kappa shape index (κ1) is 20.8. The summed E-state index contributed by atoms with van der Waals surface area (Å²) in [5.41, 5.74) is 1.71. The van der Waals surface area contributed by atoms with E-state index >= 15 is 0 Å². The second kappa shape index (κ2) is 8.21. The van der Waals surface area contributed by atoms with Gasteiger partial charge in [-0.15, -0.1) is 0 Å². The Kier molecular flexibility index (Phi) is 6.09. The molecule has 150 valence electrons. The van der Waals surface area contributed by atoms with E-state index in [1.165, 1.54) is 16.4 Å². The molecule has 0 aliphatic carbocycles. The minimum absolute atomic E-state index is 0.0865. The third-order valence-electron chi connectivity index (χ3n) is 4.55. The summed E-state index contributed by atoms with van der Waals surface area (Å²) in [6, 6.07) is 11.2. The molecule has 28 heavy (non-hydrogen) atoms. The molecule has 0 aromatic heterocycles. The Hall–Kier alpha value is -1.93. The molecule has 0 spiro atoms. The van der Waals surface area contributed by atoms with Gasteiger partial charge in [-0.1, -0.05) is 23.7 Å². The summed E-state index contributed by atoms with van der Waals surface area (Å²) in [7, 11) is -3.72. The lowest BCUT2D eigenvalue weighted by atomic mass is 10.2. The number of aryl methyl sites for hydroxylation is 1. The molecule has 1 aliphatic rings. The Balaban J connectivity index is 1.83. The van der Waals surface area contributed by atoms with E-state index in [-0.39, 0.29) is 35.8 Å². The first-order valence-electron chi connectivity index (χ1n) is 9.00. The van der Waals surface area contributed by atoms with E-state index in [1.807, 2.05) is 20.8 Å². The van der Waals surface area contributed by atoms with Gasteiger partial charge in [0.05, 0.1) is 17.1 Å². The van der Waals surface area contributed by atoms with Crippen LogP contribution in [0.3, 0.4) is 0 Å². The van der Waals surface area contributed by atoms with E-state index in [4.69, 9.17) is 16.3 Å². The van der Waals surface area contributed by atoms with Crippen molar-refractivity contribution < 1.29 is 17.9 Å². The van der Waals surface area contributed by atoms with Gasteiger partial charge >= 0.3 is 0 Å². The quantitative estimate of drug-likeness (QED) is 0.815. The number of ether oxygens (including phenoxy) is 1. The second-order valence-corrected chi connectivity index (χ2v) is 9.37. The van der Waals surface area contributed by atoms with Crippen molar-refractivity contribution in [2.45, 2.75) is 37.9 Å². The van der Waals surface area contributed by atoms with Crippen LogP contribution in [0.2, 0.25) is 5.02 Å². The molecule has 1 N–H and O–H groups in total. The van der Waals surface area contributed by atoms with Crippen molar-refractivity contribution in [3.63, 3.8) is 0 Å². The maximum absolute atomic E-state index is 13.0. The van der Waals surface area contributed by atoms with Gasteiger partial charge in [0.1, 0.15) is 0 Å². The lowest BCUT2D eigenvalue weighted by Gasteiger charge is -2.34. The topological polar surface area (TPSA) is 75.7 Å². The highest BCUT2D eigenvalue weighted by atomic mass is 35.5. The van der Waals surface area contributed by atoms with Crippen molar-refractivity contribution in [3.05, 3.63) is 58.6 Å². The first-order chi connectivity index (χ1) is 13.2. The molecule has 0 bridgehead atoms. The number of rotatable bonds is 4. The zero-order valence-electron chi connectivity index (χ0n) is 16.0. The van der Waals surface area contributed by atoms with E-state index in [0.29, 0.717) is 10.7 Å². The molecule has 3 rings (SSSR count). The number of nitrogens with one attached hydrogen (secondary N) is 1. The zero-order chi connectivity index (χ0) is 20.5. The van der Waals surface area contributed by atoms with Crippen molar-refractivity contribution in [1.82, 2.24) is 4.31 Å². The normalized spacial score (nSPS) is 20.7. The molecular weight excluding hydrogens is 400 g/mol. The Labute approximate surface area is 170 Å². The van der Waals surface area contributed by atoms with Crippen molar-refractivity contribution in [2.24, 2.45) is 0 Å². The summed E-state index contributed by atoms with van der Waals surface area (Å²) in [5, 5.41) is 3.29. The molecule has 0 radical (unpaired) electrons. The molecule has 2 aromatic carbocycles. The van der Waals surface area contributed by atoms with Crippen LogP contribution in [0.1, 0.15) is 29.8 Å². The maximum Gasteiger partial charge on any atom is 0.255 e. The molecule has 0 saturated carbocycles. The Morgan fingerprint density at radius 2 is 1.82 bits per heavy atom. The highest BCUT2D eigenvalue weighted by Crippen LogP contribution is 2.23. The Bertz CT molecular complexity index is 983. The number of hydrogen-bond donors (Lipinski definition) is 1. The van der Waals surface area contributed by atoms with Crippen LogP contribution in [0.15, 0.2) is 47.4 Å². The third-order valence-corrected chi connectivity index (χ3v) is 6.78. The lowest BCUT2D eigenvalue weighted by molar-refractivity contribution is -0.0440. The number of nitrogens with zero attached hydrogens (tertiary/aromatic N) is 1. The number of morpholine rings is 1. The van der Waals surface area contributed by atoms with Crippen LogP contribution < -0.4 is 5.32 Å². The number of hydrogen-bond acceptors (Lipinski definition) is 4. The lowest BCUT2D eigenvalue weighted by Crippen LogP contribution is -2.48. The molecule has 1 amide bonds. The number of carbonyl (C=O) groups excluding carboxylic acids is 1. The van der Waals surface area contributed by atoms with Crippen LogP contribution in [0.25, 0.3) is 0 Å². The highest BCUT2D eigenvalue weighted by Gasteiger charge is 2.32. The number of sulfonamides is 1. The van der Waals surface area contributed by atoms with Gasteiger partial charge in [0.15, 0.2) is 0 Å². The summed E-state index contributed by atoms with van der Waals surface area (Å²) >= 11 is 6.09. The molecular formula is C20H23ClN2O4S. The number of anilines is 1. The van der Waals surface area contributed by atoms with Gasteiger partial charge in [0.25, 0.3) is 5.91 Å². The molecule has 1 saturated heterocycles. The van der Waals surface area contributed by atoms with Crippen LogP contribution >= 0.6 is 11.6 Å². The van der Waals surface area contributed by atoms with Crippen LogP contribution in [0.4, 0.5) is 5.69 Å². The number of amides is 1. The average molecular weight is 423 g/mol. The van der Waals surface area contributed by atoms with Gasteiger partial charge in [-0.2, -0.15) is 4.31 Å². The van der Waals surface area contributed by atoms with Gasteiger partial charge in [-0.3, -0.25) is 4.79 Å². The van der Waals surface area contributed by atoms with Crippen molar-refractivity contribution in [2.75, 3.05) is 18.4 Å². The van der Waals surface area contributed by atoms with Crippen molar-refractivity contribution in [1.29, 1.82) is 0 Å². The van der Waals surface area contributed by atoms with Gasteiger partial charge in [-0.25, -0.2) is 8.42 Å². The number of carbonyl (C=O) groups is 1. The monoisotopic (exact) mass is 422 g/mol. The highest BCUT2D eigenvalue weighted by molar-refractivity contribution is 7.89. The fourth-order valence-corrected chi connectivity index (χ4v) is 4.97. The molecule has 1 aliphatic heterocycles. The Morgan fingerprint density at radius 3 is 2.46 bits per heavy atom. The summed E-state index contributed by atoms with van der Waals surface area (Å²) < 4.78 is 33.0. The smallest absolute Gasteiger partial charge is 0.255 e. The molecule has 1 heterocycles. The first-order valence-corrected chi connectivity index (χ1v) is 10.8. The van der Waals surface area contributed by atoms with Crippen LogP contribution in [-0.4, -0.2) is 43.9 Å². The van der Waals surface area contributed by atoms with Gasteiger partial charge in [0, 0.05) is 29.4 Å². The summed E-state index contributed by atoms with van der Waals surface area (Å²) in [6.45, 7) is 6.12. The molecule has 8 heteroatoms. The van der Waals surface area contributed by atoms with Crippen molar-refractivity contribution >= 4 is 33.2 Å². The molecule has 2 atom stereocenters. The minimum Gasteiger partial charge on any atom is -0.373 e. The van der Waals surface area contributed by atoms with Crippen molar-refractivity contribution in [3.8, 4) is 0 Å². The predicted octanol–water partition coefficient (Wildman–Crippen LogP) is 3.70. The second-order valence-electron chi connectivity index (χ2n) is 7.03. The third kappa shape index (κ3) is 4.55. The van der Waals surface area contributed by atoms with E-state index in [1.54, 1.807) is 30.3 Å². The maximum atomic E-state index is 13.0. The Morgan fingerprint density at radius 1 is 1.14 bits per heavy atom. The molecule has 2 aromatic rings. The molecule has 6 nitrogen and oxygen atoms in total. The van der Waals surface area contributed by atoms with E-state index in [2.05, 4.69) is 5.32 Å². The minimum atomic E-state index is -3.72. The number of benzene rings is 2. The van der Waals surface area contributed by atoms with Gasteiger partial charge in [-0.05, 0) is 56.7 Å². The fourth-order valence-electron chi connectivity index (χ4n) is 3.15. The molecule has 1 fully saturated rings. The SMILES string of the molecule is Cc1ccc(NC(=O)c2cccc(S(=O)(=O)N3CC(C)OC(C)C3)c2)cc1Cl. The van der Waals surface area contributed by atoms with E-state index < -0.39 is 15.9 Å². The van der Waals surface area contributed by atoms with E-state index in [9.17, 15) is 13.2 Å². The summed E-state index contributed by atoms with van der Waals surface area (Å²) in [5.74, 6) is -0.402. The predicted molar refractivity (Wildman–Crippen MR) is 109 cm³/mol. The number of halogens is 1. The van der Waals surface area contributed by atoms with E-state index in [0.717, 1.165) is 5.56 Å². The standard InChI is InChI=1S/C20H23ClN2O4S/c1-13-7-8-17(10-19(13)21)22-20(24)16-5-4-6-18(9-16)28(25,26)23-11-14(2)27-15(3)12-23/h4-10,14-15H,11-12H2,1-3H3,(H,22,24). The van der Waals surface area contributed by atoms with Gasteiger partial charge < -0.3 is 10.1 Å². The summed E-state index contributed by atoms with van der Waals surface area (Å²) in [4.78, 5) is 12.7. The van der Waals surface area contributed by atoms with Crippen LogP contribution in [0, 0.1) is 6.92 Å². The van der Waals surface area contributed by atoms with Crippen LogP contribution in [0.5, 0.6) is 0 Å². The fraction of sp³-hybridized carbons (Fsp3) is 0.350. The van der Waals surface area contributed by atoms with Crippen LogP contribution in [-0.2, 0) is 14.8 Å². The summed E-state index contributed by atoms with van der Waals surface area (Å²) in [6.07, 6.45) is -0.368.